The summed E-state index contributed by atoms with van der Waals surface area (Å²) in [5.74, 6) is 0.0298. The van der Waals surface area contributed by atoms with E-state index in [9.17, 15) is 4.79 Å². The molecular weight excluding hydrogens is 329 g/mol. The van der Waals surface area contributed by atoms with Gasteiger partial charge in [-0.2, -0.15) is 10.3 Å². The van der Waals surface area contributed by atoms with Crippen molar-refractivity contribution in [2.75, 3.05) is 0 Å². The van der Waals surface area contributed by atoms with Crippen LogP contribution in [-0.2, 0) is 6.54 Å². The number of nitrogens with zero attached hydrogens (tertiary/aromatic N) is 5. The molecule has 10 heteroatoms. The van der Waals surface area contributed by atoms with E-state index in [0.29, 0.717) is 21.6 Å². The zero-order valence-electron chi connectivity index (χ0n) is 11.0. The fraction of sp³-hybridized carbons (Fsp3) is 0.0833. The highest BCUT2D eigenvalue weighted by atomic mass is 35.5. The van der Waals surface area contributed by atoms with Gasteiger partial charge in [0, 0.05) is 11.2 Å². The standard InChI is InChI=1S/C12H9Cl2N7O/c13-7-1-2-10(8(14)5-7)21-4-3-9(18-21)12(22)15-6-11-16-19-20-17-11/h1-5H,6H2,(H,15,22)(H,16,17,19,20). The smallest absolute Gasteiger partial charge is 0.272 e. The van der Waals surface area contributed by atoms with Gasteiger partial charge in [0.2, 0.25) is 0 Å². The number of nitrogens with one attached hydrogen (secondary N) is 2. The molecule has 2 heterocycles. The molecule has 2 aromatic heterocycles. The second-order valence-electron chi connectivity index (χ2n) is 4.25. The van der Waals surface area contributed by atoms with Crippen molar-refractivity contribution < 1.29 is 4.79 Å². The fourth-order valence-corrected chi connectivity index (χ4v) is 2.25. The number of amides is 1. The van der Waals surface area contributed by atoms with E-state index in [0.717, 1.165) is 0 Å². The number of aromatic amines is 1. The van der Waals surface area contributed by atoms with E-state index in [1.54, 1.807) is 30.5 Å². The maximum atomic E-state index is 12.0. The van der Waals surface area contributed by atoms with Gasteiger partial charge in [0.05, 0.1) is 17.3 Å². The molecule has 3 rings (SSSR count). The van der Waals surface area contributed by atoms with Gasteiger partial charge < -0.3 is 5.32 Å². The lowest BCUT2D eigenvalue weighted by molar-refractivity contribution is 0.0944. The SMILES string of the molecule is O=C(NCc1nn[nH]n1)c1ccn(-c2ccc(Cl)cc2Cl)n1. The van der Waals surface area contributed by atoms with E-state index in [-0.39, 0.29) is 18.1 Å². The summed E-state index contributed by atoms with van der Waals surface area (Å²) in [6.45, 7) is 0.157. The van der Waals surface area contributed by atoms with E-state index in [2.05, 4.69) is 31.0 Å². The first kappa shape index (κ1) is 14.5. The largest absolute Gasteiger partial charge is 0.343 e. The molecule has 22 heavy (non-hydrogen) atoms. The summed E-state index contributed by atoms with van der Waals surface area (Å²) in [4.78, 5) is 12.0. The Balaban J connectivity index is 1.74. The summed E-state index contributed by atoms with van der Waals surface area (Å²) >= 11 is 12.0. The number of aromatic nitrogens is 6. The fourth-order valence-electron chi connectivity index (χ4n) is 1.75. The van der Waals surface area contributed by atoms with Gasteiger partial charge in [-0.15, -0.1) is 10.2 Å². The van der Waals surface area contributed by atoms with Crippen LogP contribution in [0.25, 0.3) is 5.69 Å². The van der Waals surface area contributed by atoms with E-state index >= 15 is 0 Å². The molecule has 2 N–H and O–H groups in total. The predicted octanol–water partition coefficient (Wildman–Crippen LogP) is 1.62. The highest BCUT2D eigenvalue weighted by molar-refractivity contribution is 6.35. The Labute approximate surface area is 134 Å². The quantitative estimate of drug-likeness (QED) is 0.753. The first-order chi connectivity index (χ1) is 10.6. The van der Waals surface area contributed by atoms with Crippen LogP contribution >= 0.6 is 23.2 Å². The van der Waals surface area contributed by atoms with Gasteiger partial charge in [-0.25, -0.2) is 4.68 Å². The van der Waals surface area contributed by atoms with Crippen molar-refractivity contribution in [3.05, 3.63) is 52.0 Å². The molecule has 8 nitrogen and oxygen atoms in total. The maximum Gasteiger partial charge on any atom is 0.272 e. The number of hydrogen-bond acceptors (Lipinski definition) is 5. The Kier molecular flexibility index (Phi) is 4.03. The molecule has 0 saturated heterocycles. The third-order valence-corrected chi connectivity index (χ3v) is 3.31. The Morgan fingerprint density at radius 1 is 1.32 bits per heavy atom. The molecule has 0 atom stereocenters. The Hall–Kier alpha value is -2.45. The van der Waals surface area contributed by atoms with Crippen LogP contribution in [0.3, 0.4) is 0 Å². The minimum absolute atomic E-state index is 0.157. The minimum atomic E-state index is -0.353. The summed E-state index contributed by atoms with van der Waals surface area (Å²) in [7, 11) is 0. The number of H-pyrrole nitrogens is 1. The number of tetrazole rings is 1. The first-order valence-corrected chi connectivity index (χ1v) is 6.91. The van der Waals surface area contributed by atoms with Gasteiger partial charge >= 0.3 is 0 Å². The normalized spacial score (nSPS) is 10.6. The van der Waals surface area contributed by atoms with Crippen molar-refractivity contribution in [1.82, 2.24) is 35.7 Å². The summed E-state index contributed by atoms with van der Waals surface area (Å²) in [6, 6.07) is 6.60. The molecule has 1 amide bonds. The van der Waals surface area contributed by atoms with E-state index in [1.807, 2.05) is 0 Å². The van der Waals surface area contributed by atoms with Crippen molar-refractivity contribution in [2.24, 2.45) is 0 Å². The number of carbonyl (C=O) groups excluding carboxylic acids is 1. The topological polar surface area (TPSA) is 101 Å². The van der Waals surface area contributed by atoms with Gasteiger partial charge in [0.1, 0.15) is 0 Å². The Bertz CT molecular complexity index is 800. The number of benzene rings is 1. The molecule has 0 aliphatic heterocycles. The lowest BCUT2D eigenvalue weighted by atomic mass is 10.3. The van der Waals surface area contributed by atoms with Gasteiger partial charge in [-0.3, -0.25) is 4.79 Å². The molecule has 3 aromatic rings. The predicted molar refractivity (Wildman–Crippen MR) is 78.9 cm³/mol. The van der Waals surface area contributed by atoms with Gasteiger partial charge in [-0.05, 0) is 24.3 Å². The van der Waals surface area contributed by atoms with Crippen LogP contribution in [0.2, 0.25) is 10.0 Å². The zero-order chi connectivity index (χ0) is 15.5. The summed E-state index contributed by atoms with van der Waals surface area (Å²) in [6.07, 6.45) is 1.64. The third kappa shape index (κ3) is 3.07. The first-order valence-electron chi connectivity index (χ1n) is 6.15. The summed E-state index contributed by atoms with van der Waals surface area (Å²) < 4.78 is 1.50. The number of hydrogen-bond donors (Lipinski definition) is 2. The number of carbonyl (C=O) groups is 1. The van der Waals surface area contributed by atoms with Crippen molar-refractivity contribution in [3.63, 3.8) is 0 Å². The van der Waals surface area contributed by atoms with Crippen LogP contribution in [0.15, 0.2) is 30.5 Å². The lowest BCUT2D eigenvalue weighted by Crippen LogP contribution is -2.24. The highest BCUT2D eigenvalue weighted by Gasteiger charge is 2.12. The minimum Gasteiger partial charge on any atom is -0.343 e. The maximum absolute atomic E-state index is 12.0. The van der Waals surface area contributed by atoms with Gasteiger partial charge in [0.15, 0.2) is 11.5 Å². The molecule has 0 spiro atoms. The molecular formula is C12H9Cl2N7O. The van der Waals surface area contributed by atoms with Crippen LogP contribution in [0, 0.1) is 0 Å². The Morgan fingerprint density at radius 2 is 2.18 bits per heavy atom. The average Bonchev–Trinajstić information content (AvgIpc) is 3.16. The average molecular weight is 338 g/mol. The van der Waals surface area contributed by atoms with Crippen LogP contribution in [0.4, 0.5) is 0 Å². The van der Waals surface area contributed by atoms with E-state index in [1.165, 1.54) is 4.68 Å². The molecule has 0 unspecified atom stereocenters. The third-order valence-electron chi connectivity index (χ3n) is 2.77. The number of rotatable bonds is 4. The van der Waals surface area contributed by atoms with Gasteiger partial charge in [-0.1, -0.05) is 28.4 Å². The van der Waals surface area contributed by atoms with E-state index < -0.39 is 0 Å². The zero-order valence-corrected chi connectivity index (χ0v) is 12.5. The van der Waals surface area contributed by atoms with Crippen molar-refractivity contribution in [1.29, 1.82) is 0 Å². The molecule has 0 aliphatic rings. The van der Waals surface area contributed by atoms with Gasteiger partial charge in [0.25, 0.3) is 5.91 Å². The number of halogens is 2. The summed E-state index contributed by atoms with van der Waals surface area (Å²) in [5.41, 5.74) is 0.873. The molecule has 112 valence electrons. The van der Waals surface area contributed by atoms with Crippen LogP contribution in [-0.4, -0.2) is 36.3 Å². The van der Waals surface area contributed by atoms with Crippen LogP contribution < -0.4 is 5.32 Å². The van der Waals surface area contributed by atoms with Crippen LogP contribution in [0.5, 0.6) is 0 Å². The second kappa shape index (κ2) is 6.12. The molecule has 0 radical (unpaired) electrons. The molecule has 0 aliphatic carbocycles. The summed E-state index contributed by atoms with van der Waals surface area (Å²) in [5, 5.41) is 21.0. The van der Waals surface area contributed by atoms with Crippen molar-refractivity contribution in [3.8, 4) is 5.69 Å². The van der Waals surface area contributed by atoms with E-state index in [4.69, 9.17) is 23.2 Å². The Morgan fingerprint density at radius 3 is 2.91 bits per heavy atom. The lowest BCUT2D eigenvalue weighted by Gasteiger charge is -2.04. The molecule has 0 bridgehead atoms. The molecule has 1 aromatic carbocycles. The van der Waals surface area contributed by atoms with Crippen molar-refractivity contribution >= 4 is 29.1 Å². The monoisotopic (exact) mass is 337 g/mol. The van der Waals surface area contributed by atoms with Crippen molar-refractivity contribution in [2.45, 2.75) is 6.54 Å². The van der Waals surface area contributed by atoms with Crippen LogP contribution in [0.1, 0.15) is 16.3 Å². The second-order valence-corrected chi connectivity index (χ2v) is 5.10. The highest BCUT2D eigenvalue weighted by Crippen LogP contribution is 2.23. The molecule has 0 fully saturated rings. The molecule has 0 saturated carbocycles.